The van der Waals surface area contributed by atoms with E-state index in [4.69, 9.17) is 9.47 Å². The molecule has 1 saturated heterocycles. The molecule has 1 fully saturated rings. The molecule has 0 atom stereocenters. The van der Waals surface area contributed by atoms with E-state index in [2.05, 4.69) is 22.6 Å². The quantitative estimate of drug-likeness (QED) is 0.840. The van der Waals surface area contributed by atoms with Gasteiger partial charge in [0.15, 0.2) is 0 Å². The molecule has 8 nitrogen and oxygen atoms in total. The van der Waals surface area contributed by atoms with Crippen molar-refractivity contribution < 1.29 is 19.1 Å². The van der Waals surface area contributed by atoms with E-state index in [0.29, 0.717) is 23.7 Å². The topological polar surface area (TPSA) is 83.1 Å². The summed E-state index contributed by atoms with van der Waals surface area (Å²) in [6.45, 7) is 3.21. The van der Waals surface area contributed by atoms with Gasteiger partial charge in [-0.25, -0.2) is 4.79 Å². The summed E-state index contributed by atoms with van der Waals surface area (Å²) in [5.41, 5.74) is 1.08. The lowest BCUT2D eigenvalue weighted by atomic mass is 10.2. The molecule has 1 aromatic carbocycles. The first-order valence-corrected chi connectivity index (χ1v) is 8.24. The van der Waals surface area contributed by atoms with Crippen molar-refractivity contribution in [1.29, 1.82) is 0 Å². The minimum atomic E-state index is -0.292. The number of rotatable bonds is 5. The third-order valence-corrected chi connectivity index (χ3v) is 4.01. The Morgan fingerprint density at radius 2 is 1.92 bits per heavy atom. The van der Waals surface area contributed by atoms with Gasteiger partial charge in [-0.05, 0) is 38.2 Å². The molecule has 0 radical (unpaired) electrons. The number of benzene rings is 1. The van der Waals surface area contributed by atoms with Crippen molar-refractivity contribution in [2.24, 2.45) is 0 Å². The summed E-state index contributed by atoms with van der Waals surface area (Å²) in [4.78, 5) is 28.2. The lowest BCUT2D eigenvalue weighted by Gasteiger charge is -2.21. The molecule has 2 N–H and O–H groups in total. The Balaban J connectivity index is 2.05. The van der Waals surface area contributed by atoms with Crippen molar-refractivity contribution in [3.63, 3.8) is 0 Å². The second kappa shape index (κ2) is 9.24. The average Bonchev–Trinajstić information content (AvgIpc) is 2.80. The molecule has 0 aromatic heterocycles. The van der Waals surface area contributed by atoms with E-state index >= 15 is 0 Å². The average molecular weight is 350 g/mol. The number of carbonyl (C=O) groups excluding carboxylic acids is 2. The molecular formula is C17H26N4O4. The lowest BCUT2D eigenvalue weighted by molar-refractivity contribution is -0.119. The van der Waals surface area contributed by atoms with Crippen LogP contribution in [0.4, 0.5) is 16.2 Å². The van der Waals surface area contributed by atoms with Crippen LogP contribution >= 0.6 is 0 Å². The molecule has 0 aliphatic carbocycles. The van der Waals surface area contributed by atoms with Crippen LogP contribution in [0.15, 0.2) is 18.2 Å². The van der Waals surface area contributed by atoms with Gasteiger partial charge in [0.05, 0.1) is 12.8 Å². The van der Waals surface area contributed by atoms with E-state index in [9.17, 15) is 9.59 Å². The molecule has 1 heterocycles. The van der Waals surface area contributed by atoms with E-state index in [1.807, 2.05) is 0 Å². The number of methoxy groups -OCH3 is 2. The van der Waals surface area contributed by atoms with Crippen molar-refractivity contribution in [3.8, 4) is 5.75 Å². The number of urea groups is 1. The summed E-state index contributed by atoms with van der Waals surface area (Å²) in [5.74, 6) is 0.221. The molecule has 2 rings (SSSR count). The summed E-state index contributed by atoms with van der Waals surface area (Å²) in [6.07, 6.45) is 0.949. The molecule has 25 heavy (non-hydrogen) atoms. The van der Waals surface area contributed by atoms with E-state index in [1.54, 1.807) is 23.1 Å². The van der Waals surface area contributed by atoms with Crippen LogP contribution in [-0.4, -0.2) is 75.8 Å². The summed E-state index contributed by atoms with van der Waals surface area (Å²) < 4.78 is 10.1. The first-order chi connectivity index (χ1) is 12.0. The van der Waals surface area contributed by atoms with Crippen LogP contribution in [0, 0.1) is 0 Å². The number of nitrogens with one attached hydrogen (secondary N) is 2. The van der Waals surface area contributed by atoms with Crippen LogP contribution in [0.1, 0.15) is 6.42 Å². The van der Waals surface area contributed by atoms with Crippen molar-refractivity contribution in [2.45, 2.75) is 6.42 Å². The summed E-state index contributed by atoms with van der Waals surface area (Å²) in [5, 5.41) is 5.59. The molecule has 1 aliphatic rings. The first-order valence-electron chi connectivity index (χ1n) is 8.24. The molecule has 3 amide bonds. The largest absolute Gasteiger partial charge is 0.495 e. The zero-order chi connectivity index (χ0) is 18.2. The highest BCUT2D eigenvalue weighted by atomic mass is 16.5. The van der Waals surface area contributed by atoms with Crippen LogP contribution < -0.4 is 15.4 Å². The number of likely N-dealkylation sites (N-methyl/N-ethyl adjacent to an activating group) is 1. The van der Waals surface area contributed by atoms with Crippen LogP contribution in [0.25, 0.3) is 0 Å². The fourth-order valence-corrected chi connectivity index (χ4v) is 2.65. The highest BCUT2D eigenvalue weighted by molar-refractivity contribution is 5.95. The standard InChI is InChI=1S/C17H26N4O4/c1-20-7-4-8-21(10-9-20)17(23)18-13-5-6-15(25-3)14(11-13)19-16(22)12-24-2/h5-6,11H,4,7-10,12H2,1-3H3,(H,18,23)(H,19,22). The molecule has 0 spiro atoms. The van der Waals surface area contributed by atoms with Gasteiger partial charge in [0.2, 0.25) is 5.91 Å². The monoisotopic (exact) mass is 350 g/mol. The zero-order valence-electron chi connectivity index (χ0n) is 15.0. The minimum absolute atomic E-state index is 0.0545. The molecule has 0 unspecified atom stereocenters. The Kier molecular flexibility index (Phi) is 7.03. The SMILES string of the molecule is COCC(=O)Nc1cc(NC(=O)N2CCCN(C)CC2)ccc1OC. The van der Waals surface area contributed by atoms with E-state index < -0.39 is 0 Å². The maximum atomic E-state index is 12.5. The normalized spacial score (nSPS) is 15.4. The molecule has 0 saturated carbocycles. The number of amides is 3. The number of hydrogen-bond acceptors (Lipinski definition) is 5. The maximum absolute atomic E-state index is 12.5. The zero-order valence-corrected chi connectivity index (χ0v) is 15.0. The number of ether oxygens (including phenoxy) is 2. The number of anilines is 2. The van der Waals surface area contributed by atoms with Gasteiger partial charge in [-0.1, -0.05) is 0 Å². The molecule has 1 aliphatic heterocycles. The maximum Gasteiger partial charge on any atom is 0.321 e. The van der Waals surface area contributed by atoms with Crippen LogP contribution in [0.2, 0.25) is 0 Å². The summed E-state index contributed by atoms with van der Waals surface area (Å²) in [6, 6.07) is 4.98. The van der Waals surface area contributed by atoms with Gasteiger partial charge >= 0.3 is 6.03 Å². The number of carbonyl (C=O) groups is 2. The van der Waals surface area contributed by atoms with Crippen molar-refractivity contribution >= 4 is 23.3 Å². The third-order valence-electron chi connectivity index (χ3n) is 4.01. The van der Waals surface area contributed by atoms with Crippen molar-refractivity contribution in [3.05, 3.63) is 18.2 Å². The van der Waals surface area contributed by atoms with Gasteiger partial charge in [-0.15, -0.1) is 0 Å². The second-order valence-electron chi connectivity index (χ2n) is 5.97. The highest BCUT2D eigenvalue weighted by Crippen LogP contribution is 2.28. The molecular weight excluding hydrogens is 324 g/mol. The highest BCUT2D eigenvalue weighted by Gasteiger charge is 2.18. The molecule has 138 valence electrons. The molecule has 0 bridgehead atoms. The van der Waals surface area contributed by atoms with Crippen molar-refractivity contribution in [1.82, 2.24) is 9.80 Å². The van der Waals surface area contributed by atoms with Gasteiger partial charge in [-0.2, -0.15) is 0 Å². The van der Waals surface area contributed by atoms with E-state index in [1.165, 1.54) is 14.2 Å². The minimum Gasteiger partial charge on any atom is -0.495 e. The van der Waals surface area contributed by atoms with Gasteiger partial charge in [0.25, 0.3) is 0 Å². The molecule has 8 heteroatoms. The Bertz CT molecular complexity index is 608. The predicted octanol–water partition coefficient (Wildman–Crippen LogP) is 1.45. The first kappa shape index (κ1) is 19.0. The molecule has 1 aromatic rings. The smallest absolute Gasteiger partial charge is 0.321 e. The fraction of sp³-hybridized carbons (Fsp3) is 0.529. The lowest BCUT2D eigenvalue weighted by Crippen LogP contribution is -2.37. The van der Waals surface area contributed by atoms with E-state index in [-0.39, 0.29) is 18.5 Å². The van der Waals surface area contributed by atoms with Gasteiger partial charge in [0.1, 0.15) is 12.4 Å². The number of nitrogens with zero attached hydrogens (tertiary/aromatic N) is 2. The predicted molar refractivity (Wildman–Crippen MR) is 96.2 cm³/mol. The fourth-order valence-electron chi connectivity index (χ4n) is 2.65. The van der Waals surface area contributed by atoms with Crippen LogP contribution in [-0.2, 0) is 9.53 Å². The van der Waals surface area contributed by atoms with Gasteiger partial charge < -0.3 is 29.9 Å². The third kappa shape index (κ3) is 5.61. The summed E-state index contributed by atoms with van der Waals surface area (Å²) >= 11 is 0. The van der Waals surface area contributed by atoms with E-state index in [0.717, 1.165) is 26.1 Å². The van der Waals surface area contributed by atoms with Gasteiger partial charge in [0, 0.05) is 32.4 Å². The Morgan fingerprint density at radius 1 is 1.12 bits per heavy atom. The van der Waals surface area contributed by atoms with Crippen LogP contribution in [0.3, 0.4) is 0 Å². The Labute approximate surface area is 148 Å². The Morgan fingerprint density at radius 3 is 2.64 bits per heavy atom. The summed E-state index contributed by atoms with van der Waals surface area (Å²) in [7, 11) is 5.03. The Hall–Kier alpha value is -2.32. The van der Waals surface area contributed by atoms with Gasteiger partial charge in [-0.3, -0.25) is 4.79 Å². The van der Waals surface area contributed by atoms with Crippen molar-refractivity contribution in [2.75, 3.05) is 64.7 Å². The number of hydrogen-bond donors (Lipinski definition) is 2. The van der Waals surface area contributed by atoms with Crippen LogP contribution in [0.5, 0.6) is 5.75 Å². The second-order valence-corrected chi connectivity index (χ2v) is 5.97.